The number of rotatable bonds is 7. The Bertz CT molecular complexity index is 595. The van der Waals surface area contributed by atoms with Gasteiger partial charge in [0, 0.05) is 31.9 Å². The number of aromatic nitrogens is 1. The van der Waals surface area contributed by atoms with Crippen LogP contribution in [0, 0.1) is 6.42 Å². The molecule has 0 aliphatic carbocycles. The molecule has 0 unspecified atom stereocenters. The lowest BCUT2D eigenvalue weighted by molar-refractivity contribution is -0.117. The summed E-state index contributed by atoms with van der Waals surface area (Å²) >= 11 is 0. The van der Waals surface area contributed by atoms with Crippen LogP contribution in [-0.2, 0) is 19.6 Å². The van der Waals surface area contributed by atoms with E-state index >= 15 is 0 Å². The lowest BCUT2D eigenvalue weighted by Gasteiger charge is -2.22. The molecule has 1 fully saturated rings. The minimum absolute atomic E-state index is 0.00829. The highest BCUT2D eigenvalue weighted by Crippen LogP contribution is 2.13. The predicted octanol–water partition coefficient (Wildman–Crippen LogP) is 0.357. The van der Waals surface area contributed by atoms with Crippen LogP contribution in [0.15, 0.2) is 23.4 Å². The molecule has 0 bridgehead atoms. The van der Waals surface area contributed by atoms with E-state index < -0.39 is 10.0 Å². The SMILES string of the molecule is NC(=O)CC[CH]c1ccc(S(=O)(=O)NC2CCOCC2)nc1. The normalized spacial score (nSPS) is 16.5. The first-order valence-electron chi connectivity index (χ1n) is 7.15. The molecule has 1 radical (unpaired) electrons. The van der Waals surface area contributed by atoms with Crippen LogP contribution in [0.4, 0.5) is 0 Å². The smallest absolute Gasteiger partial charge is 0.258 e. The molecule has 22 heavy (non-hydrogen) atoms. The minimum atomic E-state index is -3.62. The van der Waals surface area contributed by atoms with Crippen LogP contribution in [0.2, 0.25) is 0 Å². The summed E-state index contributed by atoms with van der Waals surface area (Å²) in [5.74, 6) is -0.371. The molecule has 8 heteroatoms. The van der Waals surface area contributed by atoms with E-state index in [-0.39, 0.29) is 23.4 Å². The third-order valence-electron chi connectivity index (χ3n) is 3.35. The fourth-order valence-electron chi connectivity index (χ4n) is 2.15. The number of nitrogens with two attached hydrogens (primary N) is 1. The lowest BCUT2D eigenvalue weighted by atomic mass is 10.1. The number of sulfonamides is 1. The van der Waals surface area contributed by atoms with E-state index in [1.807, 2.05) is 0 Å². The van der Waals surface area contributed by atoms with Crippen molar-refractivity contribution >= 4 is 15.9 Å². The molecule has 2 heterocycles. The quantitative estimate of drug-likeness (QED) is 0.751. The molecule has 1 amide bonds. The molecule has 3 N–H and O–H groups in total. The zero-order valence-corrected chi connectivity index (χ0v) is 13.0. The van der Waals surface area contributed by atoms with Crippen LogP contribution in [0.1, 0.15) is 31.2 Å². The fourth-order valence-corrected chi connectivity index (χ4v) is 3.38. The van der Waals surface area contributed by atoms with Crippen LogP contribution in [0.5, 0.6) is 0 Å². The standard InChI is InChI=1S/C14H20N3O4S/c15-13(18)3-1-2-11-4-5-14(16-10-11)22(19,20)17-12-6-8-21-9-7-12/h2,4-5,10,12,17H,1,3,6-9H2,(H2,15,18). The van der Waals surface area contributed by atoms with Crippen molar-refractivity contribution in [3.05, 3.63) is 30.3 Å². The van der Waals surface area contributed by atoms with E-state index in [0.29, 0.717) is 32.5 Å². The van der Waals surface area contributed by atoms with E-state index in [1.54, 1.807) is 12.5 Å². The molecule has 1 aliphatic heterocycles. The second-order valence-corrected chi connectivity index (χ2v) is 6.81. The van der Waals surface area contributed by atoms with Crippen molar-refractivity contribution in [2.45, 2.75) is 36.8 Å². The van der Waals surface area contributed by atoms with Gasteiger partial charge in [0.05, 0.1) is 0 Å². The predicted molar refractivity (Wildman–Crippen MR) is 80.2 cm³/mol. The van der Waals surface area contributed by atoms with Crippen LogP contribution in [0.25, 0.3) is 0 Å². The molecule has 0 saturated carbocycles. The van der Waals surface area contributed by atoms with E-state index in [2.05, 4.69) is 9.71 Å². The molecule has 1 aromatic rings. The van der Waals surface area contributed by atoms with Gasteiger partial charge >= 0.3 is 0 Å². The first-order chi connectivity index (χ1) is 10.5. The van der Waals surface area contributed by atoms with Crippen molar-refractivity contribution in [3.8, 4) is 0 Å². The zero-order valence-electron chi connectivity index (χ0n) is 12.2. The summed E-state index contributed by atoms with van der Waals surface area (Å²) in [7, 11) is -3.62. The Balaban J connectivity index is 1.94. The second kappa shape index (κ2) is 7.66. The summed E-state index contributed by atoms with van der Waals surface area (Å²) in [6, 6.07) is 3.01. The molecule has 121 valence electrons. The number of hydrogen-bond donors (Lipinski definition) is 2. The third-order valence-corrected chi connectivity index (χ3v) is 4.78. The summed E-state index contributed by atoms with van der Waals surface area (Å²) in [6.45, 7) is 1.13. The van der Waals surface area contributed by atoms with Gasteiger partial charge in [-0.05, 0) is 37.3 Å². The number of primary amides is 1. The average molecular weight is 326 g/mol. The molecule has 0 aromatic carbocycles. The summed E-state index contributed by atoms with van der Waals surface area (Å²) in [6.07, 6.45) is 5.35. The van der Waals surface area contributed by atoms with Crippen molar-refractivity contribution in [2.75, 3.05) is 13.2 Å². The topological polar surface area (TPSA) is 111 Å². The molecule has 7 nitrogen and oxygen atoms in total. The van der Waals surface area contributed by atoms with Crippen molar-refractivity contribution in [1.29, 1.82) is 0 Å². The summed E-state index contributed by atoms with van der Waals surface area (Å²) in [5, 5.41) is -0.00829. The van der Waals surface area contributed by atoms with E-state index in [1.165, 1.54) is 12.3 Å². The van der Waals surface area contributed by atoms with Crippen molar-refractivity contribution in [1.82, 2.24) is 9.71 Å². The summed E-state index contributed by atoms with van der Waals surface area (Å²) in [5.41, 5.74) is 5.81. The van der Waals surface area contributed by atoms with Gasteiger partial charge in [0.2, 0.25) is 5.91 Å². The molecular formula is C14H20N3O4S. The van der Waals surface area contributed by atoms with E-state index in [0.717, 1.165) is 5.56 Å². The van der Waals surface area contributed by atoms with Crippen LogP contribution in [-0.4, -0.2) is 38.6 Å². The largest absolute Gasteiger partial charge is 0.381 e. The van der Waals surface area contributed by atoms with Crippen molar-refractivity contribution in [3.63, 3.8) is 0 Å². The molecule has 0 spiro atoms. The Kier molecular flexibility index (Phi) is 5.87. The number of hydrogen-bond acceptors (Lipinski definition) is 5. The molecule has 1 aromatic heterocycles. The average Bonchev–Trinajstić information content (AvgIpc) is 2.48. The van der Waals surface area contributed by atoms with Gasteiger partial charge < -0.3 is 10.5 Å². The summed E-state index contributed by atoms with van der Waals surface area (Å²) < 4.78 is 32.3. The number of nitrogens with one attached hydrogen (secondary N) is 1. The first-order valence-corrected chi connectivity index (χ1v) is 8.63. The zero-order chi connectivity index (χ0) is 16.0. The first kappa shape index (κ1) is 16.9. The van der Waals surface area contributed by atoms with Gasteiger partial charge in [-0.25, -0.2) is 18.1 Å². The van der Waals surface area contributed by atoms with Gasteiger partial charge in [-0.15, -0.1) is 0 Å². The molecular weight excluding hydrogens is 306 g/mol. The Hall–Kier alpha value is -1.51. The Morgan fingerprint density at radius 3 is 2.73 bits per heavy atom. The maximum Gasteiger partial charge on any atom is 0.258 e. The number of carbonyl (C=O) groups is 1. The third kappa shape index (κ3) is 5.04. The highest BCUT2D eigenvalue weighted by molar-refractivity contribution is 7.89. The van der Waals surface area contributed by atoms with Crippen LogP contribution < -0.4 is 10.5 Å². The summed E-state index contributed by atoms with van der Waals surface area (Å²) in [4.78, 5) is 14.6. The van der Waals surface area contributed by atoms with E-state index in [4.69, 9.17) is 10.5 Å². The Morgan fingerprint density at radius 1 is 1.41 bits per heavy atom. The molecule has 2 rings (SSSR count). The van der Waals surface area contributed by atoms with Gasteiger partial charge in [0.25, 0.3) is 10.0 Å². The fraction of sp³-hybridized carbons (Fsp3) is 0.500. The maximum atomic E-state index is 12.2. The monoisotopic (exact) mass is 326 g/mol. The lowest BCUT2D eigenvalue weighted by Crippen LogP contribution is -2.39. The number of pyridine rings is 1. The molecule has 1 aliphatic rings. The van der Waals surface area contributed by atoms with Crippen molar-refractivity contribution < 1.29 is 17.9 Å². The Labute approximate surface area is 130 Å². The Morgan fingerprint density at radius 2 is 2.14 bits per heavy atom. The van der Waals surface area contributed by atoms with Gasteiger partial charge in [-0.3, -0.25) is 4.79 Å². The van der Waals surface area contributed by atoms with E-state index in [9.17, 15) is 13.2 Å². The second-order valence-electron chi connectivity index (χ2n) is 5.15. The minimum Gasteiger partial charge on any atom is -0.381 e. The van der Waals surface area contributed by atoms with Crippen LogP contribution in [0.3, 0.4) is 0 Å². The van der Waals surface area contributed by atoms with Gasteiger partial charge in [-0.1, -0.05) is 6.07 Å². The number of amides is 1. The highest BCUT2D eigenvalue weighted by Gasteiger charge is 2.22. The number of carbonyl (C=O) groups excluding carboxylic acids is 1. The van der Waals surface area contributed by atoms with Crippen LogP contribution >= 0.6 is 0 Å². The number of ether oxygens (including phenoxy) is 1. The van der Waals surface area contributed by atoms with Gasteiger partial charge in [0.1, 0.15) is 0 Å². The highest BCUT2D eigenvalue weighted by atomic mass is 32.2. The molecule has 0 atom stereocenters. The van der Waals surface area contributed by atoms with Crippen molar-refractivity contribution in [2.24, 2.45) is 5.73 Å². The van der Waals surface area contributed by atoms with Gasteiger partial charge in [-0.2, -0.15) is 0 Å². The van der Waals surface area contributed by atoms with Gasteiger partial charge in [0.15, 0.2) is 5.03 Å². The number of nitrogens with zero attached hydrogens (tertiary/aromatic N) is 1. The molecule has 1 saturated heterocycles. The maximum absolute atomic E-state index is 12.2.